The van der Waals surface area contributed by atoms with Crippen LogP contribution in [-0.4, -0.2) is 27.9 Å². The molecule has 0 spiro atoms. The Balaban J connectivity index is 2.08. The molecule has 0 radical (unpaired) electrons. The maximum Gasteiger partial charge on any atom is 0.328 e. The maximum atomic E-state index is 11.5. The van der Waals surface area contributed by atoms with E-state index in [0.29, 0.717) is 5.75 Å². The standard InChI is InChI=1S/C18H16O4S/c19-17(20)10-9-13-5-4-8-15(11-13)23-12-16(18(21)22)14-6-2-1-3-7-14/h1-11,16H,12H2,(H,19,20)(H,21,22). The minimum absolute atomic E-state index is 0.408. The van der Waals surface area contributed by atoms with Gasteiger partial charge in [-0.3, -0.25) is 4.79 Å². The quantitative estimate of drug-likeness (QED) is 0.598. The highest BCUT2D eigenvalue weighted by molar-refractivity contribution is 7.99. The zero-order chi connectivity index (χ0) is 16.7. The second-order valence-corrected chi connectivity index (χ2v) is 5.95. The Morgan fingerprint density at radius 3 is 2.43 bits per heavy atom. The summed E-state index contributed by atoms with van der Waals surface area (Å²) in [6, 6.07) is 16.5. The van der Waals surface area contributed by atoms with Crippen molar-refractivity contribution in [2.45, 2.75) is 10.8 Å². The molecule has 0 saturated heterocycles. The van der Waals surface area contributed by atoms with Crippen LogP contribution in [0, 0.1) is 0 Å². The Morgan fingerprint density at radius 2 is 1.78 bits per heavy atom. The first kappa shape index (κ1) is 16.8. The van der Waals surface area contributed by atoms with E-state index in [0.717, 1.165) is 22.1 Å². The summed E-state index contributed by atoms with van der Waals surface area (Å²) in [5.41, 5.74) is 1.54. The molecule has 0 aliphatic heterocycles. The van der Waals surface area contributed by atoms with Gasteiger partial charge in [-0.25, -0.2) is 4.79 Å². The van der Waals surface area contributed by atoms with Crippen LogP contribution in [0.3, 0.4) is 0 Å². The molecule has 2 N–H and O–H groups in total. The lowest BCUT2D eigenvalue weighted by Crippen LogP contribution is -2.14. The summed E-state index contributed by atoms with van der Waals surface area (Å²) >= 11 is 1.44. The van der Waals surface area contributed by atoms with Crippen molar-refractivity contribution in [3.8, 4) is 0 Å². The van der Waals surface area contributed by atoms with Gasteiger partial charge in [-0.15, -0.1) is 11.8 Å². The highest BCUT2D eigenvalue weighted by Crippen LogP contribution is 2.27. The van der Waals surface area contributed by atoms with Gasteiger partial charge in [0.2, 0.25) is 0 Å². The number of carbonyl (C=O) groups is 2. The van der Waals surface area contributed by atoms with Crippen molar-refractivity contribution in [1.82, 2.24) is 0 Å². The first-order chi connectivity index (χ1) is 11.1. The Hall–Kier alpha value is -2.53. The van der Waals surface area contributed by atoms with Crippen LogP contribution >= 0.6 is 11.8 Å². The molecule has 0 aromatic heterocycles. The average Bonchev–Trinajstić information content (AvgIpc) is 2.54. The van der Waals surface area contributed by atoms with Gasteiger partial charge in [0.1, 0.15) is 0 Å². The third-order valence-corrected chi connectivity index (χ3v) is 4.28. The highest BCUT2D eigenvalue weighted by atomic mass is 32.2. The number of hydrogen-bond acceptors (Lipinski definition) is 3. The van der Waals surface area contributed by atoms with Crippen molar-refractivity contribution < 1.29 is 19.8 Å². The number of benzene rings is 2. The molecule has 1 unspecified atom stereocenters. The van der Waals surface area contributed by atoms with Gasteiger partial charge in [-0.1, -0.05) is 42.5 Å². The summed E-state index contributed by atoms with van der Waals surface area (Å²) in [5.74, 6) is -2.03. The molecular formula is C18H16O4S. The van der Waals surface area contributed by atoms with Crippen molar-refractivity contribution in [2.75, 3.05) is 5.75 Å². The zero-order valence-corrected chi connectivity index (χ0v) is 13.1. The lowest BCUT2D eigenvalue weighted by molar-refractivity contribution is -0.138. The number of carboxylic acids is 2. The van der Waals surface area contributed by atoms with E-state index < -0.39 is 17.9 Å². The van der Waals surface area contributed by atoms with E-state index in [2.05, 4.69) is 0 Å². The fourth-order valence-electron chi connectivity index (χ4n) is 2.05. The van der Waals surface area contributed by atoms with Gasteiger partial charge in [0.15, 0.2) is 0 Å². The molecule has 0 saturated carbocycles. The molecule has 0 fully saturated rings. The molecular weight excluding hydrogens is 312 g/mol. The molecule has 2 aromatic carbocycles. The van der Waals surface area contributed by atoms with E-state index in [1.165, 1.54) is 17.8 Å². The number of thioether (sulfide) groups is 1. The lowest BCUT2D eigenvalue weighted by Gasteiger charge is -2.12. The topological polar surface area (TPSA) is 74.6 Å². The SMILES string of the molecule is O=C(O)C=Cc1cccc(SCC(C(=O)O)c2ccccc2)c1. The minimum Gasteiger partial charge on any atom is -0.481 e. The number of carboxylic acid groups (broad SMARTS) is 2. The van der Waals surface area contributed by atoms with E-state index >= 15 is 0 Å². The minimum atomic E-state index is -1.00. The van der Waals surface area contributed by atoms with Gasteiger partial charge in [0.25, 0.3) is 0 Å². The van der Waals surface area contributed by atoms with E-state index in [1.54, 1.807) is 6.07 Å². The lowest BCUT2D eigenvalue weighted by atomic mass is 10.0. The molecule has 0 bridgehead atoms. The van der Waals surface area contributed by atoms with Crippen molar-refractivity contribution in [1.29, 1.82) is 0 Å². The van der Waals surface area contributed by atoms with Crippen LogP contribution in [0.15, 0.2) is 65.6 Å². The van der Waals surface area contributed by atoms with E-state index in [1.807, 2.05) is 48.5 Å². The van der Waals surface area contributed by atoms with Gasteiger partial charge in [-0.05, 0) is 29.3 Å². The smallest absolute Gasteiger partial charge is 0.328 e. The summed E-state index contributed by atoms with van der Waals surface area (Å²) in [6.45, 7) is 0. The van der Waals surface area contributed by atoms with Crippen molar-refractivity contribution in [2.24, 2.45) is 0 Å². The highest BCUT2D eigenvalue weighted by Gasteiger charge is 2.19. The van der Waals surface area contributed by atoms with E-state index in [9.17, 15) is 14.7 Å². The molecule has 4 nitrogen and oxygen atoms in total. The summed E-state index contributed by atoms with van der Waals surface area (Å²) in [6.07, 6.45) is 2.59. The molecule has 118 valence electrons. The number of hydrogen-bond donors (Lipinski definition) is 2. The summed E-state index contributed by atoms with van der Waals surface area (Å²) in [5, 5.41) is 18.1. The van der Waals surface area contributed by atoms with E-state index in [4.69, 9.17) is 5.11 Å². The van der Waals surface area contributed by atoms with Gasteiger partial charge in [0.05, 0.1) is 5.92 Å². The normalized spacial score (nSPS) is 12.2. The second kappa shape index (κ2) is 8.19. The number of aliphatic carboxylic acids is 2. The van der Waals surface area contributed by atoms with Crippen molar-refractivity contribution in [3.63, 3.8) is 0 Å². The zero-order valence-electron chi connectivity index (χ0n) is 12.3. The van der Waals surface area contributed by atoms with Gasteiger partial charge in [-0.2, -0.15) is 0 Å². The third-order valence-electron chi connectivity index (χ3n) is 3.19. The summed E-state index contributed by atoms with van der Waals surface area (Å²) < 4.78 is 0. The first-order valence-electron chi connectivity index (χ1n) is 6.98. The molecule has 0 aliphatic carbocycles. The summed E-state index contributed by atoms with van der Waals surface area (Å²) in [7, 11) is 0. The fourth-order valence-corrected chi connectivity index (χ4v) is 3.14. The Labute approximate surface area is 138 Å². The second-order valence-electron chi connectivity index (χ2n) is 4.86. The molecule has 0 amide bonds. The molecule has 1 atom stereocenters. The molecule has 0 aliphatic rings. The first-order valence-corrected chi connectivity index (χ1v) is 7.96. The van der Waals surface area contributed by atoms with Crippen LogP contribution in [0.25, 0.3) is 6.08 Å². The average molecular weight is 328 g/mol. The van der Waals surface area contributed by atoms with Crippen LogP contribution in [0.2, 0.25) is 0 Å². The van der Waals surface area contributed by atoms with Crippen LogP contribution in [-0.2, 0) is 9.59 Å². The largest absolute Gasteiger partial charge is 0.481 e. The Bertz CT molecular complexity index is 710. The van der Waals surface area contributed by atoms with Crippen LogP contribution in [0.1, 0.15) is 17.0 Å². The molecule has 2 rings (SSSR count). The number of rotatable bonds is 7. The van der Waals surface area contributed by atoms with Crippen molar-refractivity contribution in [3.05, 3.63) is 71.8 Å². The van der Waals surface area contributed by atoms with Gasteiger partial charge < -0.3 is 10.2 Å². The summed E-state index contributed by atoms with van der Waals surface area (Å²) in [4.78, 5) is 22.9. The maximum absolute atomic E-state index is 11.5. The molecule has 2 aromatic rings. The molecule has 0 heterocycles. The fraction of sp³-hybridized carbons (Fsp3) is 0.111. The van der Waals surface area contributed by atoms with Crippen molar-refractivity contribution >= 4 is 29.8 Å². The predicted molar refractivity (Wildman–Crippen MR) is 90.7 cm³/mol. The molecule has 23 heavy (non-hydrogen) atoms. The Kier molecular flexibility index (Phi) is 6.00. The Morgan fingerprint density at radius 1 is 1.04 bits per heavy atom. The van der Waals surface area contributed by atoms with Crippen LogP contribution in [0.4, 0.5) is 0 Å². The van der Waals surface area contributed by atoms with Crippen LogP contribution in [0.5, 0.6) is 0 Å². The van der Waals surface area contributed by atoms with E-state index in [-0.39, 0.29) is 0 Å². The van der Waals surface area contributed by atoms with Crippen LogP contribution < -0.4 is 0 Å². The predicted octanol–water partition coefficient (Wildman–Crippen LogP) is 3.74. The molecule has 5 heteroatoms. The van der Waals surface area contributed by atoms with Gasteiger partial charge >= 0.3 is 11.9 Å². The van der Waals surface area contributed by atoms with Gasteiger partial charge in [0, 0.05) is 16.7 Å². The monoisotopic (exact) mass is 328 g/mol. The third kappa shape index (κ3) is 5.30.